The van der Waals surface area contributed by atoms with Gasteiger partial charge in [0.1, 0.15) is 0 Å². The maximum Gasteiger partial charge on any atom is 0.0684 e. The molecule has 0 heterocycles. The van der Waals surface area contributed by atoms with Crippen molar-refractivity contribution >= 4 is 41.7 Å². The zero-order valence-electron chi connectivity index (χ0n) is 5.31. The van der Waals surface area contributed by atoms with E-state index in [9.17, 15) is 0 Å². The molecule has 10 heavy (non-hydrogen) atoms. The van der Waals surface area contributed by atoms with E-state index >= 15 is 0 Å². The van der Waals surface area contributed by atoms with E-state index in [1.54, 1.807) is 0 Å². The summed E-state index contributed by atoms with van der Waals surface area (Å²) in [5.41, 5.74) is 0. The first-order valence-electron chi connectivity index (χ1n) is 2.80. The fourth-order valence-corrected chi connectivity index (χ4v) is 1.17. The van der Waals surface area contributed by atoms with E-state index in [4.69, 9.17) is 16.7 Å². The van der Waals surface area contributed by atoms with E-state index in [0.29, 0.717) is 12.3 Å². The third-order valence-electron chi connectivity index (χ3n) is 0.891. The third kappa shape index (κ3) is 7.00. The smallest absolute Gasteiger partial charge is 0.0684 e. The monoisotopic (exact) mass is 290 g/mol. The number of halogens is 2. The van der Waals surface area contributed by atoms with Gasteiger partial charge in [0, 0.05) is 33.5 Å². The van der Waals surface area contributed by atoms with E-state index < -0.39 is 6.10 Å². The first kappa shape index (κ1) is 10.9. The molecule has 0 saturated heterocycles. The number of hydrogen-bond donors (Lipinski definition) is 1. The highest BCUT2D eigenvalue weighted by Gasteiger charge is 1.97. The van der Waals surface area contributed by atoms with Crippen molar-refractivity contribution in [1.29, 1.82) is 0 Å². The average molecular weight is 291 g/mol. The fraction of sp³-hybridized carbons (Fsp3) is 0.667. The van der Waals surface area contributed by atoms with E-state index in [-0.39, 0.29) is 0 Å². The summed E-state index contributed by atoms with van der Waals surface area (Å²) in [6, 6.07) is 0. The molecule has 0 aliphatic carbocycles. The molecule has 0 aliphatic heterocycles. The van der Waals surface area contributed by atoms with E-state index in [1.807, 2.05) is 0 Å². The minimum Gasteiger partial charge on any atom is -0.392 e. The number of rotatable bonds is 3. The van der Waals surface area contributed by atoms with Gasteiger partial charge in [-0.2, -0.15) is 0 Å². The van der Waals surface area contributed by atoms with Gasteiger partial charge in [0.25, 0.3) is 0 Å². The highest BCUT2D eigenvalue weighted by Crippen LogP contribution is 2.07. The van der Waals surface area contributed by atoms with Gasteiger partial charge in [0.15, 0.2) is 0 Å². The first-order chi connectivity index (χ1) is 4.81. The Balaban J connectivity index is 3.18. The van der Waals surface area contributed by atoms with E-state index in [1.165, 1.54) is 8.93 Å². The maximum atomic E-state index is 8.95. The van der Waals surface area contributed by atoms with Crippen molar-refractivity contribution in [1.82, 2.24) is 0 Å². The van der Waals surface area contributed by atoms with Gasteiger partial charge < -0.3 is 5.11 Å². The van der Waals surface area contributed by atoms with Crippen LogP contribution in [-0.2, 0) is 0 Å². The van der Waals surface area contributed by atoms with E-state index in [2.05, 4.69) is 32.4 Å². The Hall–Kier alpha value is 0.890. The number of alkyl halides is 1. The Morgan fingerprint density at radius 3 is 2.90 bits per heavy atom. The maximum absolute atomic E-state index is 8.95. The number of aliphatic hydroxyl groups excluding tert-OH is 1. The van der Waals surface area contributed by atoms with Crippen LogP contribution in [0.2, 0.25) is 0 Å². The summed E-state index contributed by atoms with van der Waals surface area (Å²) in [4.78, 5) is 0. The summed E-state index contributed by atoms with van der Waals surface area (Å²) < 4.78 is 0. The standard InChI is InChI=1S/C6H8ClIOS/c7-5-6(9)3-1-2-4-10-8/h6,9H,1,3,5H2. The van der Waals surface area contributed by atoms with Crippen molar-refractivity contribution in [3.8, 4) is 11.2 Å². The van der Waals surface area contributed by atoms with Crippen LogP contribution in [0, 0.1) is 11.2 Å². The molecule has 58 valence electrons. The van der Waals surface area contributed by atoms with Crippen LogP contribution in [0.25, 0.3) is 0 Å². The van der Waals surface area contributed by atoms with Crippen LogP contribution in [0.4, 0.5) is 0 Å². The lowest BCUT2D eigenvalue weighted by molar-refractivity contribution is 0.190. The molecular weight excluding hydrogens is 282 g/mol. The lowest BCUT2D eigenvalue weighted by Crippen LogP contribution is -2.06. The summed E-state index contributed by atoms with van der Waals surface area (Å²) in [7, 11) is 1.46. The summed E-state index contributed by atoms with van der Waals surface area (Å²) in [6.07, 6.45) is 1.01. The zero-order valence-corrected chi connectivity index (χ0v) is 9.04. The highest BCUT2D eigenvalue weighted by atomic mass is 127. The zero-order chi connectivity index (χ0) is 7.82. The van der Waals surface area contributed by atoms with Crippen molar-refractivity contribution < 1.29 is 5.11 Å². The first-order valence-corrected chi connectivity index (χ1v) is 6.70. The Labute approximate surface area is 82.5 Å². The summed E-state index contributed by atoms with van der Waals surface area (Å²) in [6.45, 7) is 0. The predicted octanol–water partition coefficient (Wildman–Crippen LogP) is 2.41. The average Bonchev–Trinajstić information content (AvgIpc) is 1.98. The van der Waals surface area contributed by atoms with Gasteiger partial charge in [-0.15, -0.1) is 11.6 Å². The molecule has 0 radical (unpaired) electrons. The number of aliphatic hydroxyl groups is 1. The van der Waals surface area contributed by atoms with Crippen LogP contribution in [0.5, 0.6) is 0 Å². The summed E-state index contributed by atoms with van der Waals surface area (Å²) >= 11 is 7.47. The Bertz CT molecular complexity index is 131. The highest BCUT2D eigenvalue weighted by molar-refractivity contribution is 14.2. The van der Waals surface area contributed by atoms with Gasteiger partial charge in [0.2, 0.25) is 0 Å². The topological polar surface area (TPSA) is 20.2 Å². The second-order valence-electron chi connectivity index (χ2n) is 1.70. The molecule has 0 rings (SSSR count). The molecule has 0 fully saturated rings. The molecule has 1 N–H and O–H groups in total. The van der Waals surface area contributed by atoms with Crippen molar-refractivity contribution in [2.75, 3.05) is 5.88 Å². The van der Waals surface area contributed by atoms with Crippen LogP contribution >= 0.6 is 41.7 Å². The van der Waals surface area contributed by atoms with Crippen LogP contribution in [0.1, 0.15) is 12.8 Å². The summed E-state index contributed by atoms with van der Waals surface area (Å²) in [5, 5.41) is 11.8. The molecule has 0 aliphatic rings. The molecular formula is C6H8ClIOS. The molecule has 0 aromatic rings. The molecule has 0 bridgehead atoms. The van der Waals surface area contributed by atoms with Crippen LogP contribution in [0.3, 0.4) is 0 Å². The van der Waals surface area contributed by atoms with Gasteiger partial charge in [-0.3, -0.25) is 0 Å². The summed E-state index contributed by atoms with van der Waals surface area (Å²) in [5.74, 6) is 3.19. The van der Waals surface area contributed by atoms with Crippen molar-refractivity contribution in [2.24, 2.45) is 0 Å². The molecule has 4 heteroatoms. The van der Waals surface area contributed by atoms with Gasteiger partial charge in [0.05, 0.1) is 6.10 Å². The molecule has 1 unspecified atom stereocenters. The normalized spacial score (nSPS) is 11.9. The second-order valence-corrected chi connectivity index (χ2v) is 3.69. The van der Waals surface area contributed by atoms with Gasteiger partial charge in [-0.1, -0.05) is 5.92 Å². The molecule has 1 nitrogen and oxygen atoms in total. The largest absolute Gasteiger partial charge is 0.392 e. The molecule has 0 spiro atoms. The minimum atomic E-state index is -0.393. The Kier molecular flexibility index (Phi) is 8.70. The van der Waals surface area contributed by atoms with Crippen molar-refractivity contribution in [3.63, 3.8) is 0 Å². The van der Waals surface area contributed by atoms with Gasteiger partial charge in [-0.25, -0.2) is 0 Å². The Morgan fingerprint density at radius 1 is 1.70 bits per heavy atom. The van der Waals surface area contributed by atoms with Gasteiger partial charge >= 0.3 is 0 Å². The quantitative estimate of drug-likeness (QED) is 0.489. The van der Waals surface area contributed by atoms with Crippen molar-refractivity contribution in [2.45, 2.75) is 18.9 Å². The molecule has 0 amide bonds. The lowest BCUT2D eigenvalue weighted by Gasteiger charge is -2.00. The fourth-order valence-electron chi connectivity index (χ4n) is 0.394. The van der Waals surface area contributed by atoms with Crippen LogP contribution in [0.15, 0.2) is 0 Å². The number of hydrogen-bond acceptors (Lipinski definition) is 2. The van der Waals surface area contributed by atoms with E-state index in [0.717, 1.165) is 6.42 Å². The minimum absolute atomic E-state index is 0.305. The van der Waals surface area contributed by atoms with Crippen molar-refractivity contribution in [3.05, 3.63) is 0 Å². The van der Waals surface area contributed by atoms with Crippen LogP contribution < -0.4 is 0 Å². The molecule has 0 aromatic heterocycles. The molecule has 1 atom stereocenters. The van der Waals surface area contributed by atoms with Crippen LogP contribution in [-0.4, -0.2) is 17.1 Å². The molecule has 0 aromatic carbocycles. The third-order valence-corrected chi connectivity index (χ3v) is 2.13. The SMILES string of the molecule is OC(CCl)CCC#CSI. The van der Waals surface area contributed by atoms with Gasteiger partial charge in [-0.05, 0) is 20.6 Å². The predicted molar refractivity (Wildman–Crippen MR) is 55.3 cm³/mol. The molecule has 0 saturated carbocycles. The second kappa shape index (κ2) is 7.99. The lowest BCUT2D eigenvalue weighted by atomic mass is 10.2. The Morgan fingerprint density at radius 2 is 2.40 bits per heavy atom.